The molecule has 2 heterocycles. The van der Waals surface area contributed by atoms with Gasteiger partial charge in [-0.15, -0.1) is 22.9 Å². The Hall–Kier alpha value is -1.20. The third-order valence-electron chi connectivity index (χ3n) is 2.32. The summed E-state index contributed by atoms with van der Waals surface area (Å²) in [5.41, 5.74) is 1.61. The molecule has 0 aliphatic rings. The zero-order valence-corrected chi connectivity index (χ0v) is 11.0. The molecule has 0 fully saturated rings. The van der Waals surface area contributed by atoms with Gasteiger partial charge in [0.2, 0.25) is 0 Å². The van der Waals surface area contributed by atoms with Crippen molar-refractivity contribution in [2.75, 3.05) is 0 Å². The second kappa shape index (κ2) is 5.42. The highest BCUT2D eigenvalue weighted by atomic mass is 35.5. The second-order valence-electron chi connectivity index (χ2n) is 3.68. The summed E-state index contributed by atoms with van der Waals surface area (Å²) in [6.07, 6.45) is 2.31. The summed E-state index contributed by atoms with van der Waals surface area (Å²) in [7, 11) is 0. The van der Waals surface area contributed by atoms with E-state index in [1.807, 2.05) is 5.38 Å². The van der Waals surface area contributed by atoms with Gasteiger partial charge in [-0.05, 0) is 6.92 Å². The van der Waals surface area contributed by atoms with E-state index in [2.05, 4.69) is 9.97 Å². The minimum atomic E-state index is -0.0216. The Bertz CT molecular complexity index is 564. The van der Waals surface area contributed by atoms with E-state index in [1.54, 1.807) is 29.2 Å². The fraction of sp³-hybridized carbons (Fsp3) is 0.364. The number of hydrogen-bond acceptors (Lipinski definition) is 4. The molecule has 0 aliphatic heterocycles. The lowest BCUT2D eigenvalue weighted by Crippen LogP contribution is -2.20. The number of halogens is 1. The number of aromatic nitrogens is 3. The number of hydrogen-bond donors (Lipinski definition) is 0. The largest absolute Gasteiger partial charge is 0.299 e. The molecule has 2 aromatic heterocycles. The number of nitrogens with zero attached hydrogens (tertiary/aromatic N) is 3. The minimum absolute atomic E-state index is 0.0216. The van der Waals surface area contributed by atoms with E-state index in [0.717, 1.165) is 22.8 Å². The van der Waals surface area contributed by atoms with Crippen LogP contribution in [0.4, 0.5) is 0 Å². The van der Waals surface area contributed by atoms with Gasteiger partial charge in [0.1, 0.15) is 0 Å². The van der Waals surface area contributed by atoms with E-state index in [9.17, 15) is 4.79 Å². The third kappa shape index (κ3) is 3.14. The molecule has 0 N–H and O–H groups in total. The van der Waals surface area contributed by atoms with Crippen molar-refractivity contribution in [3.05, 3.63) is 44.5 Å². The van der Waals surface area contributed by atoms with Gasteiger partial charge in [0.15, 0.2) is 0 Å². The molecule has 0 unspecified atom stereocenters. The zero-order chi connectivity index (χ0) is 12.3. The van der Waals surface area contributed by atoms with Crippen LogP contribution in [0.5, 0.6) is 0 Å². The molecule has 90 valence electrons. The van der Waals surface area contributed by atoms with Crippen molar-refractivity contribution in [2.24, 2.45) is 0 Å². The van der Waals surface area contributed by atoms with Crippen LogP contribution < -0.4 is 5.56 Å². The van der Waals surface area contributed by atoms with E-state index in [1.165, 1.54) is 6.07 Å². The van der Waals surface area contributed by atoms with Crippen LogP contribution in [0.2, 0.25) is 0 Å². The van der Waals surface area contributed by atoms with Crippen molar-refractivity contribution in [2.45, 2.75) is 25.8 Å². The van der Waals surface area contributed by atoms with Gasteiger partial charge in [0, 0.05) is 30.1 Å². The van der Waals surface area contributed by atoms with Crippen molar-refractivity contribution < 1.29 is 0 Å². The van der Waals surface area contributed by atoms with Crippen LogP contribution in [0.3, 0.4) is 0 Å². The number of rotatable bonds is 4. The predicted octanol–water partition coefficient (Wildman–Crippen LogP) is 1.99. The Kier molecular flexibility index (Phi) is 3.91. The predicted molar refractivity (Wildman–Crippen MR) is 68.6 cm³/mol. The first-order valence-electron chi connectivity index (χ1n) is 5.21. The summed E-state index contributed by atoms with van der Waals surface area (Å²) in [5.74, 6) is 0.433. The van der Waals surface area contributed by atoms with E-state index in [-0.39, 0.29) is 5.56 Å². The normalized spacial score (nSPS) is 10.7. The first kappa shape index (κ1) is 12.3. The monoisotopic (exact) mass is 269 g/mol. The lowest BCUT2D eigenvalue weighted by atomic mass is 10.4. The van der Waals surface area contributed by atoms with Crippen LogP contribution in [0.25, 0.3) is 0 Å². The van der Waals surface area contributed by atoms with Gasteiger partial charge < -0.3 is 0 Å². The Morgan fingerprint density at radius 3 is 3.00 bits per heavy atom. The maximum absolute atomic E-state index is 11.6. The quantitative estimate of drug-likeness (QED) is 0.798. The van der Waals surface area contributed by atoms with Crippen LogP contribution in [0.1, 0.15) is 16.4 Å². The van der Waals surface area contributed by atoms with Crippen molar-refractivity contribution in [3.63, 3.8) is 0 Å². The standard InChI is InChI=1S/C11H12ClN3OS/c1-8-4-11(16)15(7-13-8)3-2-10-14-9(5-12)6-17-10/h4,6-7H,2-3,5H2,1H3. The topological polar surface area (TPSA) is 47.8 Å². The highest BCUT2D eigenvalue weighted by Gasteiger charge is 2.02. The fourth-order valence-corrected chi connectivity index (χ4v) is 2.44. The van der Waals surface area contributed by atoms with Crippen molar-refractivity contribution in [1.29, 1.82) is 0 Å². The Balaban J connectivity index is 2.04. The number of aryl methyl sites for hydroxylation is 3. The van der Waals surface area contributed by atoms with Crippen molar-refractivity contribution in [3.8, 4) is 0 Å². The molecule has 0 saturated heterocycles. The molecule has 0 atom stereocenters. The molecule has 6 heteroatoms. The van der Waals surface area contributed by atoms with E-state index in [0.29, 0.717) is 12.4 Å². The zero-order valence-electron chi connectivity index (χ0n) is 9.39. The van der Waals surface area contributed by atoms with Gasteiger partial charge in [-0.1, -0.05) is 0 Å². The molecule has 0 bridgehead atoms. The summed E-state index contributed by atoms with van der Waals surface area (Å²) in [6.45, 7) is 2.40. The molecule has 4 nitrogen and oxygen atoms in total. The van der Waals surface area contributed by atoms with E-state index >= 15 is 0 Å². The Morgan fingerprint density at radius 2 is 2.35 bits per heavy atom. The molecule has 0 radical (unpaired) electrons. The highest BCUT2D eigenvalue weighted by Crippen LogP contribution is 2.12. The minimum Gasteiger partial charge on any atom is -0.299 e. The summed E-state index contributed by atoms with van der Waals surface area (Å²) < 4.78 is 1.59. The van der Waals surface area contributed by atoms with Gasteiger partial charge in [0.05, 0.1) is 22.9 Å². The van der Waals surface area contributed by atoms with Gasteiger partial charge >= 0.3 is 0 Å². The molecular formula is C11H12ClN3OS. The Morgan fingerprint density at radius 1 is 1.53 bits per heavy atom. The lowest BCUT2D eigenvalue weighted by molar-refractivity contribution is 0.649. The van der Waals surface area contributed by atoms with Gasteiger partial charge in [-0.2, -0.15) is 0 Å². The average Bonchev–Trinajstić information content (AvgIpc) is 2.76. The van der Waals surface area contributed by atoms with E-state index in [4.69, 9.17) is 11.6 Å². The van der Waals surface area contributed by atoms with Crippen LogP contribution in [0.15, 0.2) is 22.6 Å². The molecule has 0 saturated carbocycles. The summed E-state index contributed by atoms with van der Waals surface area (Å²) in [6, 6.07) is 1.53. The number of alkyl halides is 1. The smallest absolute Gasteiger partial charge is 0.253 e. The van der Waals surface area contributed by atoms with Crippen LogP contribution in [-0.2, 0) is 18.8 Å². The van der Waals surface area contributed by atoms with Gasteiger partial charge in [0.25, 0.3) is 5.56 Å². The van der Waals surface area contributed by atoms with Crippen LogP contribution >= 0.6 is 22.9 Å². The summed E-state index contributed by atoms with van der Waals surface area (Å²) >= 11 is 7.25. The molecule has 0 spiro atoms. The third-order valence-corrected chi connectivity index (χ3v) is 3.55. The van der Waals surface area contributed by atoms with Gasteiger partial charge in [-0.3, -0.25) is 9.36 Å². The van der Waals surface area contributed by atoms with Crippen molar-refractivity contribution in [1.82, 2.24) is 14.5 Å². The van der Waals surface area contributed by atoms with Crippen LogP contribution in [-0.4, -0.2) is 14.5 Å². The van der Waals surface area contributed by atoms with Crippen molar-refractivity contribution >= 4 is 22.9 Å². The SMILES string of the molecule is Cc1cc(=O)n(CCc2nc(CCl)cs2)cn1. The average molecular weight is 270 g/mol. The van der Waals surface area contributed by atoms with E-state index < -0.39 is 0 Å². The fourth-order valence-electron chi connectivity index (χ4n) is 1.43. The Labute approximate surface area is 108 Å². The molecule has 0 aliphatic carbocycles. The van der Waals surface area contributed by atoms with Crippen LogP contribution in [0, 0.1) is 6.92 Å². The summed E-state index contributed by atoms with van der Waals surface area (Å²) in [4.78, 5) is 20.0. The maximum Gasteiger partial charge on any atom is 0.253 e. The molecule has 0 amide bonds. The molecule has 0 aromatic carbocycles. The molecule has 2 rings (SSSR count). The summed E-state index contributed by atoms with van der Waals surface area (Å²) in [5, 5.41) is 2.94. The first-order chi connectivity index (χ1) is 8.19. The first-order valence-corrected chi connectivity index (χ1v) is 6.63. The maximum atomic E-state index is 11.6. The lowest BCUT2D eigenvalue weighted by Gasteiger charge is -2.02. The second-order valence-corrected chi connectivity index (χ2v) is 4.89. The molecular weight excluding hydrogens is 258 g/mol. The highest BCUT2D eigenvalue weighted by molar-refractivity contribution is 7.09. The number of thiazole rings is 1. The van der Waals surface area contributed by atoms with Gasteiger partial charge in [-0.25, -0.2) is 9.97 Å². The molecule has 2 aromatic rings. The molecule has 17 heavy (non-hydrogen) atoms.